The highest BCUT2D eigenvalue weighted by molar-refractivity contribution is 7.14. The summed E-state index contributed by atoms with van der Waals surface area (Å²) < 4.78 is 16.9. The zero-order valence-corrected chi connectivity index (χ0v) is 17.7. The first-order valence-corrected chi connectivity index (χ1v) is 10.8. The molecular formula is C21H27N3O4S. The normalized spacial score (nSPS) is 24.7. The van der Waals surface area contributed by atoms with Gasteiger partial charge < -0.3 is 19.5 Å². The van der Waals surface area contributed by atoms with Gasteiger partial charge in [-0.3, -0.25) is 9.69 Å². The lowest BCUT2D eigenvalue weighted by Crippen LogP contribution is -2.58. The Morgan fingerprint density at radius 3 is 2.90 bits per heavy atom. The summed E-state index contributed by atoms with van der Waals surface area (Å²) in [6.07, 6.45) is 3.02. The Morgan fingerprint density at radius 2 is 2.21 bits per heavy atom. The van der Waals surface area contributed by atoms with E-state index >= 15 is 0 Å². The van der Waals surface area contributed by atoms with Crippen LogP contribution in [0.3, 0.4) is 0 Å². The number of thiazole rings is 1. The van der Waals surface area contributed by atoms with Crippen LogP contribution >= 0.6 is 11.3 Å². The van der Waals surface area contributed by atoms with E-state index in [1.54, 1.807) is 14.2 Å². The zero-order chi connectivity index (χ0) is 20.3. The van der Waals surface area contributed by atoms with Crippen molar-refractivity contribution < 1.29 is 19.0 Å². The smallest absolute Gasteiger partial charge is 0.240 e. The van der Waals surface area contributed by atoms with Crippen LogP contribution in [0.5, 0.6) is 5.75 Å². The van der Waals surface area contributed by atoms with Crippen molar-refractivity contribution in [2.24, 2.45) is 0 Å². The van der Waals surface area contributed by atoms with Crippen molar-refractivity contribution in [3.63, 3.8) is 0 Å². The molecule has 7 nitrogen and oxygen atoms in total. The average molecular weight is 418 g/mol. The van der Waals surface area contributed by atoms with Gasteiger partial charge in [-0.05, 0) is 43.5 Å². The third-order valence-electron chi connectivity index (χ3n) is 5.71. The van der Waals surface area contributed by atoms with Crippen molar-refractivity contribution in [2.75, 3.05) is 45.8 Å². The molecule has 1 amide bonds. The SMILES string of the molecule is COc1ccc(-c2csc(NC(=O)CN3CC[C@@H](OC)[C@@]4(CCCO4)C3)n2)cc1. The topological polar surface area (TPSA) is 72.9 Å². The molecule has 29 heavy (non-hydrogen) atoms. The predicted octanol–water partition coefficient (Wildman–Crippen LogP) is 3.03. The Balaban J connectivity index is 1.34. The first-order chi connectivity index (χ1) is 14.1. The Bertz CT molecular complexity index is 833. The first kappa shape index (κ1) is 20.3. The summed E-state index contributed by atoms with van der Waals surface area (Å²) in [6.45, 7) is 2.66. The Labute approximate surface area is 175 Å². The fraction of sp³-hybridized carbons (Fsp3) is 0.524. The van der Waals surface area contributed by atoms with Crippen molar-refractivity contribution in [1.82, 2.24) is 9.88 Å². The molecule has 1 aromatic heterocycles. The Kier molecular flexibility index (Phi) is 6.15. The third kappa shape index (κ3) is 4.45. The van der Waals surface area contributed by atoms with Gasteiger partial charge in [0.1, 0.15) is 11.4 Å². The van der Waals surface area contributed by atoms with Gasteiger partial charge in [-0.1, -0.05) is 0 Å². The summed E-state index contributed by atoms with van der Waals surface area (Å²) in [5.74, 6) is 0.753. The van der Waals surface area contributed by atoms with Crippen molar-refractivity contribution in [3.05, 3.63) is 29.6 Å². The molecule has 2 atom stereocenters. The van der Waals surface area contributed by atoms with E-state index in [0.29, 0.717) is 11.7 Å². The summed E-state index contributed by atoms with van der Waals surface area (Å²) in [7, 11) is 3.39. The molecule has 0 saturated carbocycles. The number of rotatable bonds is 6. The van der Waals surface area contributed by atoms with Crippen molar-refractivity contribution in [1.29, 1.82) is 0 Å². The van der Waals surface area contributed by atoms with E-state index in [0.717, 1.165) is 56.0 Å². The van der Waals surface area contributed by atoms with E-state index in [2.05, 4.69) is 15.2 Å². The number of nitrogens with one attached hydrogen (secondary N) is 1. The highest BCUT2D eigenvalue weighted by Crippen LogP contribution is 2.36. The molecule has 1 spiro atoms. The summed E-state index contributed by atoms with van der Waals surface area (Å²) in [4.78, 5) is 19.3. The Morgan fingerprint density at radius 1 is 1.38 bits per heavy atom. The fourth-order valence-corrected chi connectivity index (χ4v) is 5.01. The van der Waals surface area contributed by atoms with Crippen LogP contribution in [0.25, 0.3) is 11.3 Å². The number of nitrogens with zero attached hydrogens (tertiary/aromatic N) is 2. The molecule has 0 unspecified atom stereocenters. The van der Waals surface area contributed by atoms with E-state index in [1.807, 2.05) is 29.6 Å². The molecule has 8 heteroatoms. The molecular weight excluding hydrogens is 390 g/mol. The molecule has 2 fully saturated rings. The van der Waals surface area contributed by atoms with Gasteiger partial charge in [-0.25, -0.2) is 4.98 Å². The largest absolute Gasteiger partial charge is 0.497 e. The van der Waals surface area contributed by atoms with E-state index in [-0.39, 0.29) is 17.6 Å². The summed E-state index contributed by atoms with van der Waals surface area (Å²) >= 11 is 1.43. The highest BCUT2D eigenvalue weighted by Gasteiger charge is 2.47. The Hall–Kier alpha value is -2.00. The van der Waals surface area contributed by atoms with Crippen LogP contribution in [0.1, 0.15) is 19.3 Å². The predicted molar refractivity (Wildman–Crippen MR) is 113 cm³/mol. The second kappa shape index (κ2) is 8.79. The molecule has 2 aliphatic heterocycles. The summed E-state index contributed by atoms with van der Waals surface area (Å²) in [6, 6.07) is 7.72. The van der Waals surface area contributed by atoms with Crippen molar-refractivity contribution in [3.8, 4) is 17.0 Å². The number of carbonyl (C=O) groups is 1. The molecule has 2 saturated heterocycles. The number of amides is 1. The maximum atomic E-state index is 12.6. The third-order valence-corrected chi connectivity index (χ3v) is 6.47. The van der Waals surface area contributed by atoms with Crippen LogP contribution in [0.15, 0.2) is 29.6 Å². The van der Waals surface area contributed by atoms with E-state index in [9.17, 15) is 4.79 Å². The van der Waals surface area contributed by atoms with E-state index in [1.165, 1.54) is 11.3 Å². The van der Waals surface area contributed by atoms with Gasteiger partial charge in [0.2, 0.25) is 5.91 Å². The lowest BCUT2D eigenvalue weighted by Gasteiger charge is -2.44. The minimum absolute atomic E-state index is 0.0513. The number of benzene rings is 1. The first-order valence-electron chi connectivity index (χ1n) is 9.91. The van der Waals surface area contributed by atoms with Gasteiger partial charge in [0.15, 0.2) is 5.13 Å². The number of methoxy groups -OCH3 is 2. The van der Waals surface area contributed by atoms with Crippen LogP contribution in [0, 0.1) is 0 Å². The number of anilines is 1. The fourth-order valence-electron chi connectivity index (χ4n) is 4.27. The summed E-state index contributed by atoms with van der Waals surface area (Å²) in [5, 5.41) is 5.49. The number of hydrogen-bond donors (Lipinski definition) is 1. The molecule has 2 aliphatic rings. The number of hydrogen-bond acceptors (Lipinski definition) is 7. The van der Waals surface area contributed by atoms with Crippen molar-refractivity contribution in [2.45, 2.75) is 31.0 Å². The molecule has 3 heterocycles. The lowest BCUT2D eigenvalue weighted by molar-refractivity contribution is -0.146. The van der Waals surface area contributed by atoms with Crippen LogP contribution in [-0.2, 0) is 14.3 Å². The van der Waals surface area contributed by atoms with Crippen LogP contribution in [-0.4, -0.2) is 68.0 Å². The zero-order valence-electron chi connectivity index (χ0n) is 16.8. The maximum Gasteiger partial charge on any atom is 0.240 e. The number of ether oxygens (including phenoxy) is 3. The monoisotopic (exact) mass is 417 g/mol. The number of aromatic nitrogens is 1. The molecule has 0 radical (unpaired) electrons. The highest BCUT2D eigenvalue weighted by atomic mass is 32.1. The van der Waals surface area contributed by atoms with Crippen LogP contribution < -0.4 is 10.1 Å². The second-order valence-electron chi connectivity index (χ2n) is 7.56. The lowest BCUT2D eigenvalue weighted by atomic mass is 9.87. The standard InChI is InChI=1S/C21H27N3O4S/c1-26-16-6-4-15(5-7-16)17-13-29-20(22-17)23-19(25)12-24-10-8-18(27-2)21(14-24)9-3-11-28-21/h4-7,13,18H,3,8-12,14H2,1-2H3,(H,22,23,25)/t18-,21-/m1/s1. The quantitative estimate of drug-likeness (QED) is 0.779. The molecule has 0 aliphatic carbocycles. The molecule has 1 aromatic carbocycles. The minimum Gasteiger partial charge on any atom is -0.497 e. The van der Waals surface area contributed by atoms with E-state index < -0.39 is 0 Å². The molecule has 0 bridgehead atoms. The maximum absolute atomic E-state index is 12.6. The van der Waals surface area contributed by atoms with E-state index in [4.69, 9.17) is 14.2 Å². The number of piperidine rings is 1. The molecule has 156 valence electrons. The number of carbonyl (C=O) groups excluding carboxylic acids is 1. The van der Waals surface area contributed by atoms with Gasteiger partial charge in [-0.15, -0.1) is 11.3 Å². The van der Waals surface area contributed by atoms with Gasteiger partial charge in [0.25, 0.3) is 0 Å². The minimum atomic E-state index is -0.268. The second-order valence-corrected chi connectivity index (χ2v) is 8.41. The average Bonchev–Trinajstić information content (AvgIpc) is 3.38. The molecule has 2 aromatic rings. The molecule has 1 N–H and O–H groups in total. The van der Waals surface area contributed by atoms with Gasteiger partial charge in [0.05, 0.1) is 25.5 Å². The van der Waals surface area contributed by atoms with Crippen molar-refractivity contribution >= 4 is 22.4 Å². The van der Waals surface area contributed by atoms with Crippen LogP contribution in [0.4, 0.5) is 5.13 Å². The van der Waals surface area contributed by atoms with Gasteiger partial charge in [0, 0.05) is 37.7 Å². The van der Waals surface area contributed by atoms with Crippen LogP contribution in [0.2, 0.25) is 0 Å². The summed E-state index contributed by atoms with van der Waals surface area (Å²) in [5.41, 5.74) is 1.56. The van der Waals surface area contributed by atoms with Gasteiger partial charge in [-0.2, -0.15) is 0 Å². The number of likely N-dealkylation sites (tertiary alicyclic amines) is 1. The molecule has 4 rings (SSSR count). The van der Waals surface area contributed by atoms with Gasteiger partial charge >= 0.3 is 0 Å².